The molecule has 0 aromatic rings. The molecule has 0 saturated carbocycles. The van der Waals surface area contributed by atoms with E-state index >= 15 is 0 Å². The fraction of sp³-hybridized carbons (Fsp3) is 0.692. The first kappa shape index (κ1) is 25.6. The zero-order chi connectivity index (χ0) is 12.3. The SMILES string of the molecule is CC(C)[N-]/C=C\[N-]C(C)C.CC(C)[N]=[W].[CH3-].[CH3-]. The molecule has 17 heavy (non-hydrogen) atoms. The minimum absolute atomic E-state index is 0. The van der Waals surface area contributed by atoms with Crippen LogP contribution in [-0.2, 0) is 19.6 Å². The predicted octanol–water partition coefficient (Wildman–Crippen LogP) is 5.05. The molecule has 0 atom stereocenters. The molecule has 0 heterocycles. The topological polar surface area (TPSA) is 40.6 Å². The smallest absolute Gasteiger partial charge is 0.358 e. The minimum atomic E-state index is 0. The van der Waals surface area contributed by atoms with Crippen molar-refractivity contribution in [2.45, 2.75) is 59.7 Å². The fourth-order valence-corrected chi connectivity index (χ4v) is 0.421. The van der Waals surface area contributed by atoms with Crippen LogP contribution in [0.5, 0.6) is 0 Å². The van der Waals surface area contributed by atoms with Crippen LogP contribution in [0.2, 0.25) is 0 Å². The van der Waals surface area contributed by atoms with Crippen LogP contribution in [0.3, 0.4) is 0 Å². The molecule has 3 nitrogen and oxygen atoms in total. The second-order valence-corrected chi connectivity index (χ2v) is 4.74. The Balaban J connectivity index is -0.000000105. The number of hydrogen-bond acceptors (Lipinski definition) is 1. The Labute approximate surface area is 121 Å². The summed E-state index contributed by atoms with van der Waals surface area (Å²) in [5, 5.41) is 8.24. The first-order valence-corrected chi connectivity index (χ1v) is 6.58. The first-order valence-electron chi connectivity index (χ1n) is 5.27. The van der Waals surface area contributed by atoms with Gasteiger partial charge in [-0.1, -0.05) is 27.7 Å². The molecule has 0 bridgehead atoms. The van der Waals surface area contributed by atoms with Gasteiger partial charge in [-0.05, 0) is 0 Å². The van der Waals surface area contributed by atoms with E-state index < -0.39 is 0 Å². The summed E-state index contributed by atoms with van der Waals surface area (Å²) in [6, 6.07) is 1.29. The van der Waals surface area contributed by atoms with E-state index in [1.165, 1.54) is 19.6 Å². The molecule has 0 aliphatic rings. The molecular weight excluding hydrogens is 382 g/mol. The summed E-state index contributed by atoms with van der Waals surface area (Å²) in [5.41, 5.74) is 0. The normalized spacial score (nSPS) is 9.24. The molecule has 0 unspecified atom stereocenters. The fourth-order valence-electron chi connectivity index (χ4n) is 0.421. The molecule has 0 amide bonds. The maximum Gasteiger partial charge on any atom is -0.358 e. The maximum atomic E-state index is 4.12. The van der Waals surface area contributed by atoms with Crippen molar-refractivity contribution in [2.75, 3.05) is 0 Å². The van der Waals surface area contributed by atoms with Crippen molar-refractivity contribution in [3.63, 3.8) is 0 Å². The molecular formula is C13H29N3W-4. The average molecular weight is 411 g/mol. The third kappa shape index (κ3) is 38.8. The quantitative estimate of drug-likeness (QED) is 0.569. The van der Waals surface area contributed by atoms with Crippen LogP contribution in [-0.4, -0.2) is 18.1 Å². The van der Waals surface area contributed by atoms with E-state index in [4.69, 9.17) is 0 Å². The van der Waals surface area contributed by atoms with Crippen molar-refractivity contribution in [3.8, 4) is 0 Å². The molecule has 0 radical (unpaired) electrons. The summed E-state index contributed by atoms with van der Waals surface area (Å²) in [7, 11) is 0. The Morgan fingerprint density at radius 3 is 1.18 bits per heavy atom. The Kier molecular flexibility index (Phi) is 27.4. The van der Waals surface area contributed by atoms with Gasteiger partial charge >= 0.3 is 43.0 Å². The van der Waals surface area contributed by atoms with Crippen LogP contribution in [0.1, 0.15) is 41.5 Å². The zero-order valence-corrected chi connectivity index (χ0v) is 15.6. The molecule has 0 N–H and O–H groups in total. The van der Waals surface area contributed by atoms with Crippen molar-refractivity contribution in [1.29, 1.82) is 0 Å². The number of nitrogens with zero attached hydrogens (tertiary/aromatic N) is 3. The van der Waals surface area contributed by atoms with Crippen LogP contribution in [0, 0.1) is 14.9 Å². The standard InChI is InChI=1S/C8H16N2.C3H7N.2CH3.W/c1-7(2)9-5-6-10-8(3)4;1-3(2)4;;;/h5-8H,1-4H3;3H,1-2H3;2*1H3;/q-2;;2*-1;/b6-5-;;;;. The Hall–Kier alpha value is -0.172. The Morgan fingerprint density at radius 2 is 1.06 bits per heavy atom. The van der Waals surface area contributed by atoms with E-state index in [0.29, 0.717) is 18.1 Å². The molecule has 0 aliphatic carbocycles. The van der Waals surface area contributed by atoms with Crippen LogP contribution in [0.25, 0.3) is 10.6 Å². The van der Waals surface area contributed by atoms with Gasteiger partial charge in [-0.25, -0.2) is 12.4 Å². The van der Waals surface area contributed by atoms with Gasteiger partial charge in [-0.3, -0.25) is 0 Å². The van der Waals surface area contributed by atoms with E-state index in [-0.39, 0.29) is 14.9 Å². The summed E-state index contributed by atoms with van der Waals surface area (Å²) in [5.74, 6) is 0. The summed E-state index contributed by atoms with van der Waals surface area (Å²) in [6.07, 6.45) is 3.51. The Morgan fingerprint density at radius 1 is 0.824 bits per heavy atom. The van der Waals surface area contributed by atoms with Crippen LogP contribution >= 0.6 is 0 Å². The average Bonchev–Trinajstić information content (AvgIpc) is 2.13. The van der Waals surface area contributed by atoms with E-state index in [9.17, 15) is 0 Å². The second-order valence-electron chi connectivity index (χ2n) is 3.98. The summed E-state index contributed by atoms with van der Waals surface area (Å²) < 4.78 is 3.97. The van der Waals surface area contributed by atoms with Gasteiger partial charge in [0.15, 0.2) is 0 Å². The molecule has 0 spiro atoms. The molecule has 106 valence electrons. The van der Waals surface area contributed by atoms with Crippen LogP contribution < -0.4 is 0 Å². The van der Waals surface area contributed by atoms with E-state index in [1.54, 1.807) is 12.4 Å². The predicted molar refractivity (Wildman–Crippen MR) is 76.5 cm³/mol. The molecule has 0 aromatic carbocycles. The summed E-state index contributed by atoms with van der Waals surface area (Å²) in [6.45, 7) is 12.3. The molecule has 0 fully saturated rings. The number of rotatable bonds is 5. The largest absolute Gasteiger partial charge is 0.358 e. The van der Waals surface area contributed by atoms with Crippen LogP contribution in [0.4, 0.5) is 0 Å². The van der Waals surface area contributed by atoms with Gasteiger partial charge in [-0.15, -0.1) is 12.1 Å². The Bertz CT molecular complexity index is 154. The molecule has 4 heteroatoms. The van der Waals surface area contributed by atoms with Crippen molar-refractivity contribution >= 4 is 0 Å². The van der Waals surface area contributed by atoms with Gasteiger partial charge in [0.25, 0.3) is 0 Å². The van der Waals surface area contributed by atoms with Crippen molar-refractivity contribution in [3.05, 3.63) is 37.9 Å². The van der Waals surface area contributed by atoms with E-state index in [0.717, 1.165) is 0 Å². The molecule has 0 aliphatic heterocycles. The monoisotopic (exact) mass is 411 g/mol. The van der Waals surface area contributed by atoms with Crippen molar-refractivity contribution in [1.82, 2.24) is 0 Å². The summed E-state index contributed by atoms with van der Waals surface area (Å²) in [4.78, 5) is 0. The van der Waals surface area contributed by atoms with Crippen LogP contribution in [0.15, 0.2) is 15.9 Å². The second kappa shape index (κ2) is 18.2. The van der Waals surface area contributed by atoms with Gasteiger partial charge in [0.05, 0.1) is 0 Å². The third-order valence-corrected chi connectivity index (χ3v) is 2.56. The van der Waals surface area contributed by atoms with Gasteiger partial charge in [-0.2, -0.15) is 0 Å². The van der Waals surface area contributed by atoms with Gasteiger partial charge in [0, 0.05) is 0 Å². The van der Waals surface area contributed by atoms with E-state index in [2.05, 4.69) is 28.0 Å². The van der Waals surface area contributed by atoms with Gasteiger partial charge in [0.1, 0.15) is 0 Å². The maximum absolute atomic E-state index is 4.12. The van der Waals surface area contributed by atoms with Crippen molar-refractivity contribution < 1.29 is 19.6 Å². The zero-order valence-electron chi connectivity index (χ0n) is 12.6. The van der Waals surface area contributed by atoms with E-state index in [1.807, 2.05) is 27.7 Å². The first-order chi connectivity index (χ1) is 6.90. The summed E-state index contributed by atoms with van der Waals surface area (Å²) >= 11 is 1.33. The molecule has 0 saturated heterocycles. The third-order valence-electron chi connectivity index (χ3n) is 1.05. The van der Waals surface area contributed by atoms with Gasteiger partial charge in [0.2, 0.25) is 0 Å². The number of hydrogen-bond donors (Lipinski definition) is 0. The minimum Gasteiger partial charge on any atom is -0.358 e. The molecule has 0 rings (SSSR count). The molecule has 0 aromatic heterocycles. The van der Waals surface area contributed by atoms with Crippen molar-refractivity contribution in [2.24, 2.45) is 3.50 Å². The van der Waals surface area contributed by atoms with Gasteiger partial charge < -0.3 is 25.5 Å².